The summed E-state index contributed by atoms with van der Waals surface area (Å²) in [5.74, 6) is 1.69. The molecular formula is C11H14N4O. The molecular weight excluding hydrogens is 204 g/mol. The van der Waals surface area contributed by atoms with Crippen molar-refractivity contribution in [2.45, 2.75) is 20.3 Å². The van der Waals surface area contributed by atoms with Crippen molar-refractivity contribution in [3.05, 3.63) is 24.3 Å². The van der Waals surface area contributed by atoms with E-state index in [4.69, 9.17) is 10.3 Å². The van der Waals surface area contributed by atoms with Gasteiger partial charge in [0.25, 0.3) is 5.89 Å². The van der Waals surface area contributed by atoms with Gasteiger partial charge in [0.1, 0.15) is 0 Å². The lowest BCUT2D eigenvalue weighted by Gasteiger charge is -1.96. The molecule has 0 aliphatic carbocycles. The summed E-state index contributed by atoms with van der Waals surface area (Å²) >= 11 is 0. The highest BCUT2D eigenvalue weighted by Crippen LogP contribution is 2.18. The fourth-order valence-corrected chi connectivity index (χ4v) is 1.39. The molecule has 0 aromatic carbocycles. The first-order chi connectivity index (χ1) is 7.65. The van der Waals surface area contributed by atoms with Crippen molar-refractivity contribution < 1.29 is 4.52 Å². The van der Waals surface area contributed by atoms with Gasteiger partial charge in [-0.05, 0) is 12.0 Å². The van der Waals surface area contributed by atoms with E-state index in [1.165, 1.54) is 0 Å². The highest BCUT2D eigenvalue weighted by Gasteiger charge is 2.10. The summed E-state index contributed by atoms with van der Waals surface area (Å²) in [5, 5.41) is 3.91. The molecule has 5 heteroatoms. The lowest BCUT2D eigenvalue weighted by molar-refractivity contribution is 0.417. The summed E-state index contributed by atoms with van der Waals surface area (Å²) in [6, 6.07) is 1.76. The van der Waals surface area contributed by atoms with E-state index >= 15 is 0 Å². The van der Waals surface area contributed by atoms with Crippen LogP contribution in [0.15, 0.2) is 23.0 Å². The third-order valence-corrected chi connectivity index (χ3v) is 2.07. The zero-order valence-corrected chi connectivity index (χ0v) is 9.34. The molecule has 0 amide bonds. The zero-order chi connectivity index (χ0) is 11.5. The second kappa shape index (κ2) is 4.30. The quantitative estimate of drug-likeness (QED) is 0.851. The van der Waals surface area contributed by atoms with Crippen molar-refractivity contribution in [3.63, 3.8) is 0 Å². The van der Waals surface area contributed by atoms with Crippen LogP contribution in [0.1, 0.15) is 19.7 Å². The SMILES string of the molecule is CC(C)Cc1noc(-c2cncc(N)c2)n1. The summed E-state index contributed by atoms with van der Waals surface area (Å²) in [4.78, 5) is 8.27. The van der Waals surface area contributed by atoms with Gasteiger partial charge in [-0.25, -0.2) is 0 Å². The third-order valence-electron chi connectivity index (χ3n) is 2.07. The van der Waals surface area contributed by atoms with Crippen molar-refractivity contribution >= 4 is 5.69 Å². The normalized spacial score (nSPS) is 10.9. The van der Waals surface area contributed by atoms with Gasteiger partial charge in [0.2, 0.25) is 0 Å². The maximum absolute atomic E-state index is 5.63. The van der Waals surface area contributed by atoms with Crippen LogP contribution in [-0.4, -0.2) is 15.1 Å². The molecule has 0 saturated heterocycles. The average molecular weight is 218 g/mol. The molecule has 0 aliphatic heterocycles. The Labute approximate surface area is 93.7 Å². The Morgan fingerprint density at radius 3 is 2.88 bits per heavy atom. The number of pyridine rings is 1. The van der Waals surface area contributed by atoms with Crippen LogP contribution < -0.4 is 5.73 Å². The Hall–Kier alpha value is -1.91. The van der Waals surface area contributed by atoms with E-state index < -0.39 is 0 Å². The average Bonchev–Trinajstić information content (AvgIpc) is 2.65. The molecule has 0 bridgehead atoms. The third kappa shape index (κ3) is 2.36. The topological polar surface area (TPSA) is 77.8 Å². The first-order valence-electron chi connectivity index (χ1n) is 5.18. The molecule has 0 spiro atoms. The molecule has 16 heavy (non-hydrogen) atoms. The van der Waals surface area contributed by atoms with E-state index in [0.29, 0.717) is 23.3 Å². The molecule has 0 atom stereocenters. The smallest absolute Gasteiger partial charge is 0.259 e. The summed E-state index contributed by atoms with van der Waals surface area (Å²) in [5.41, 5.74) is 6.97. The van der Waals surface area contributed by atoms with Crippen LogP contribution in [0.25, 0.3) is 11.5 Å². The number of nitrogens with two attached hydrogens (primary N) is 1. The minimum absolute atomic E-state index is 0.468. The summed E-state index contributed by atoms with van der Waals surface area (Å²) < 4.78 is 5.15. The van der Waals surface area contributed by atoms with Gasteiger partial charge in [0, 0.05) is 18.8 Å². The maximum atomic E-state index is 5.63. The molecule has 2 N–H and O–H groups in total. The van der Waals surface area contributed by atoms with E-state index in [1.54, 1.807) is 18.5 Å². The van der Waals surface area contributed by atoms with Crippen LogP contribution in [0.4, 0.5) is 5.69 Å². The first-order valence-corrected chi connectivity index (χ1v) is 5.18. The highest BCUT2D eigenvalue weighted by molar-refractivity contribution is 5.57. The minimum atomic E-state index is 0.468. The molecule has 2 aromatic rings. The van der Waals surface area contributed by atoms with Crippen molar-refractivity contribution in [2.24, 2.45) is 5.92 Å². The van der Waals surface area contributed by atoms with E-state index in [9.17, 15) is 0 Å². The number of nitrogens with zero attached hydrogens (tertiary/aromatic N) is 3. The Kier molecular flexibility index (Phi) is 2.85. The van der Waals surface area contributed by atoms with Gasteiger partial charge in [-0.3, -0.25) is 4.98 Å². The van der Waals surface area contributed by atoms with Crippen LogP contribution in [0, 0.1) is 5.92 Å². The minimum Gasteiger partial charge on any atom is -0.397 e. The van der Waals surface area contributed by atoms with Gasteiger partial charge >= 0.3 is 0 Å². The molecule has 2 rings (SSSR count). The van der Waals surface area contributed by atoms with E-state index in [0.717, 1.165) is 12.0 Å². The monoisotopic (exact) mass is 218 g/mol. The number of aromatic nitrogens is 3. The van der Waals surface area contributed by atoms with Crippen LogP contribution in [-0.2, 0) is 6.42 Å². The van der Waals surface area contributed by atoms with Gasteiger partial charge in [-0.2, -0.15) is 4.98 Å². The Morgan fingerprint density at radius 1 is 1.38 bits per heavy atom. The van der Waals surface area contributed by atoms with Crippen LogP contribution in [0.3, 0.4) is 0 Å². The standard InChI is InChI=1S/C11H14N4O/c1-7(2)3-10-14-11(16-15-10)8-4-9(12)6-13-5-8/h4-7H,3,12H2,1-2H3. The number of anilines is 1. The van der Waals surface area contributed by atoms with Crippen LogP contribution in [0.2, 0.25) is 0 Å². The number of hydrogen-bond acceptors (Lipinski definition) is 5. The molecule has 0 fully saturated rings. The molecule has 0 radical (unpaired) electrons. The van der Waals surface area contributed by atoms with Crippen molar-refractivity contribution in [1.29, 1.82) is 0 Å². The lowest BCUT2D eigenvalue weighted by Crippen LogP contribution is -1.95. The molecule has 0 aliphatic rings. The second-order valence-corrected chi connectivity index (χ2v) is 4.12. The predicted molar refractivity (Wildman–Crippen MR) is 60.5 cm³/mol. The van der Waals surface area contributed by atoms with Crippen molar-refractivity contribution in [3.8, 4) is 11.5 Å². The molecule has 0 saturated carbocycles. The van der Waals surface area contributed by atoms with Gasteiger partial charge in [-0.1, -0.05) is 19.0 Å². The van der Waals surface area contributed by atoms with Gasteiger partial charge in [-0.15, -0.1) is 0 Å². The number of nitrogen functional groups attached to an aromatic ring is 1. The second-order valence-electron chi connectivity index (χ2n) is 4.12. The Morgan fingerprint density at radius 2 is 2.19 bits per heavy atom. The lowest BCUT2D eigenvalue weighted by atomic mass is 10.1. The predicted octanol–water partition coefficient (Wildman–Crippen LogP) is 1.91. The zero-order valence-electron chi connectivity index (χ0n) is 9.34. The van der Waals surface area contributed by atoms with E-state index in [-0.39, 0.29) is 0 Å². The molecule has 2 heterocycles. The molecule has 2 aromatic heterocycles. The highest BCUT2D eigenvalue weighted by atomic mass is 16.5. The van der Waals surface area contributed by atoms with Crippen LogP contribution in [0.5, 0.6) is 0 Å². The van der Waals surface area contributed by atoms with Crippen LogP contribution >= 0.6 is 0 Å². The Balaban J connectivity index is 2.24. The summed E-state index contributed by atoms with van der Waals surface area (Å²) in [6.07, 6.45) is 4.04. The molecule has 5 nitrogen and oxygen atoms in total. The van der Waals surface area contributed by atoms with Gasteiger partial charge in [0.15, 0.2) is 5.82 Å². The van der Waals surface area contributed by atoms with Gasteiger partial charge < -0.3 is 10.3 Å². The fraction of sp³-hybridized carbons (Fsp3) is 0.364. The number of hydrogen-bond donors (Lipinski definition) is 1. The van der Waals surface area contributed by atoms with Crippen molar-refractivity contribution in [2.75, 3.05) is 5.73 Å². The molecule has 84 valence electrons. The number of rotatable bonds is 3. The van der Waals surface area contributed by atoms with Gasteiger partial charge in [0.05, 0.1) is 11.3 Å². The van der Waals surface area contributed by atoms with E-state index in [1.807, 2.05) is 0 Å². The summed E-state index contributed by atoms with van der Waals surface area (Å²) in [7, 11) is 0. The fourth-order valence-electron chi connectivity index (χ4n) is 1.39. The first kappa shape index (κ1) is 10.6. The largest absolute Gasteiger partial charge is 0.397 e. The van der Waals surface area contributed by atoms with Crippen molar-refractivity contribution in [1.82, 2.24) is 15.1 Å². The summed E-state index contributed by atoms with van der Waals surface area (Å²) in [6.45, 7) is 4.22. The van der Waals surface area contributed by atoms with E-state index in [2.05, 4.69) is 29.0 Å². The maximum Gasteiger partial charge on any atom is 0.259 e. The Bertz CT molecular complexity index is 478. The molecule has 0 unspecified atom stereocenters.